The lowest BCUT2D eigenvalue weighted by Gasteiger charge is -2.26. The number of rotatable bonds is 3. The van der Waals surface area contributed by atoms with Gasteiger partial charge in [-0.05, 0) is 18.3 Å². The molecule has 1 aliphatic carbocycles. The molecule has 0 spiro atoms. The van der Waals surface area contributed by atoms with Gasteiger partial charge in [0.15, 0.2) is 0 Å². The highest BCUT2D eigenvalue weighted by molar-refractivity contribution is 4.77. The molecule has 0 aliphatic heterocycles. The van der Waals surface area contributed by atoms with Crippen molar-refractivity contribution in [1.29, 1.82) is 0 Å². The molecule has 1 rings (SSSR count). The lowest BCUT2D eigenvalue weighted by Crippen LogP contribution is -2.14. The Morgan fingerprint density at radius 1 is 1.36 bits per heavy atom. The van der Waals surface area contributed by atoms with Crippen molar-refractivity contribution in [3.05, 3.63) is 12.7 Å². The summed E-state index contributed by atoms with van der Waals surface area (Å²) in [5, 5.41) is 0. The fourth-order valence-corrected chi connectivity index (χ4v) is 2.16. The molecular weight excluding hydrogens is 132 g/mol. The van der Waals surface area contributed by atoms with Gasteiger partial charge in [0.2, 0.25) is 0 Å². The minimum Gasteiger partial charge on any atom is -0.103 e. The lowest BCUT2D eigenvalue weighted by atomic mass is 9.79. The van der Waals surface area contributed by atoms with Gasteiger partial charge in [-0.25, -0.2) is 0 Å². The molecule has 1 atom stereocenters. The predicted molar refractivity (Wildman–Crippen MR) is 50.6 cm³/mol. The van der Waals surface area contributed by atoms with Crippen LogP contribution in [0.15, 0.2) is 12.7 Å². The van der Waals surface area contributed by atoms with Gasteiger partial charge in [-0.15, -0.1) is 6.58 Å². The standard InChI is InChI=1S/C11H20/c1-3-7-10(2)11-8-5-4-6-9-11/h3,10-11H,1,4-9H2,2H3/t10-/m0/s1. The molecule has 0 unspecified atom stereocenters. The predicted octanol–water partition coefficient (Wildman–Crippen LogP) is 3.78. The van der Waals surface area contributed by atoms with E-state index in [-0.39, 0.29) is 0 Å². The third-order valence-electron chi connectivity index (χ3n) is 2.99. The van der Waals surface area contributed by atoms with Crippen molar-refractivity contribution >= 4 is 0 Å². The van der Waals surface area contributed by atoms with Gasteiger partial charge in [0.25, 0.3) is 0 Å². The van der Waals surface area contributed by atoms with Crippen LogP contribution in [0.2, 0.25) is 0 Å². The maximum atomic E-state index is 3.80. The molecule has 1 fully saturated rings. The summed E-state index contributed by atoms with van der Waals surface area (Å²) in [6, 6.07) is 0. The third-order valence-corrected chi connectivity index (χ3v) is 2.99. The first kappa shape index (κ1) is 8.83. The van der Waals surface area contributed by atoms with Crippen molar-refractivity contribution in [2.45, 2.75) is 45.4 Å². The van der Waals surface area contributed by atoms with Crippen molar-refractivity contribution in [1.82, 2.24) is 0 Å². The van der Waals surface area contributed by atoms with E-state index < -0.39 is 0 Å². The first-order valence-electron chi connectivity index (χ1n) is 4.95. The fraction of sp³-hybridized carbons (Fsp3) is 0.818. The van der Waals surface area contributed by atoms with Crippen LogP contribution in [0.5, 0.6) is 0 Å². The quantitative estimate of drug-likeness (QED) is 0.540. The van der Waals surface area contributed by atoms with Crippen LogP contribution in [-0.2, 0) is 0 Å². The van der Waals surface area contributed by atoms with Gasteiger partial charge in [-0.3, -0.25) is 0 Å². The van der Waals surface area contributed by atoms with Crippen molar-refractivity contribution in [3.8, 4) is 0 Å². The molecule has 0 heterocycles. The molecular formula is C11H20. The molecule has 0 amide bonds. The molecule has 0 aromatic rings. The Balaban J connectivity index is 2.26. The zero-order valence-corrected chi connectivity index (χ0v) is 7.68. The summed E-state index contributed by atoms with van der Waals surface area (Å²) in [6.07, 6.45) is 10.6. The Labute approximate surface area is 70.7 Å². The van der Waals surface area contributed by atoms with Crippen LogP contribution in [0.1, 0.15) is 45.4 Å². The van der Waals surface area contributed by atoms with Crippen molar-refractivity contribution in [2.24, 2.45) is 11.8 Å². The van der Waals surface area contributed by atoms with Crippen molar-refractivity contribution in [2.75, 3.05) is 0 Å². The van der Waals surface area contributed by atoms with E-state index in [9.17, 15) is 0 Å². The summed E-state index contributed by atoms with van der Waals surface area (Å²) in [4.78, 5) is 0. The minimum atomic E-state index is 0.882. The van der Waals surface area contributed by atoms with Gasteiger partial charge in [0.05, 0.1) is 0 Å². The molecule has 0 aromatic carbocycles. The minimum absolute atomic E-state index is 0.882. The molecule has 11 heavy (non-hydrogen) atoms. The summed E-state index contributed by atoms with van der Waals surface area (Å²) in [7, 11) is 0. The molecule has 64 valence electrons. The Morgan fingerprint density at radius 2 is 2.00 bits per heavy atom. The summed E-state index contributed by atoms with van der Waals surface area (Å²) < 4.78 is 0. The molecule has 1 aliphatic rings. The zero-order valence-electron chi connectivity index (χ0n) is 7.68. The molecule has 0 bridgehead atoms. The van der Waals surface area contributed by atoms with Crippen LogP contribution in [0.3, 0.4) is 0 Å². The van der Waals surface area contributed by atoms with E-state index in [4.69, 9.17) is 0 Å². The molecule has 0 N–H and O–H groups in total. The first-order chi connectivity index (χ1) is 5.34. The summed E-state index contributed by atoms with van der Waals surface area (Å²) in [5.74, 6) is 1.88. The highest BCUT2D eigenvalue weighted by Crippen LogP contribution is 2.31. The largest absolute Gasteiger partial charge is 0.103 e. The average molecular weight is 152 g/mol. The van der Waals surface area contributed by atoms with Crippen LogP contribution in [0, 0.1) is 11.8 Å². The number of hydrogen-bond acceptors (Lipinski definition) is 0. The molecule has 0 aromatic heterocycles. The van der Waals surface area contributed by atoms with E-state index in [1.54, 1.807) is 0 Å². The molecule has 1 saturated carbocycles. The van der Waals surface area contributed by atoms with E-state index in [0.717, 1.165) is 11.8 Å². The normalized spacial score (nSPS) is 23.0. The highest BCUT2D eigenvalue weighted by Gasteiger charge is 2.18. The monoisotopic (exact) mass is 152 g/mol. The van der Waals surface area contributed by atoms with Crippen LogP contribution >= 0.6 is 0 Å². The molecule has 0 saturated heterocycles. The van der Waals surface area contributed by atoms with Gasteiger partial charge < -0.3 is 0 Å². The van der Waals surface area contributed by atoms with E-state index in [2.05, 4.69) is 19.6 Å². The van der Waals surface area contributed by atoms with E-state index in [0.29, 0.717) is 0 Å². The fourth-order valence-electron chi connectivity index (χ4n) is 2.16. The molecule has 0 nitrogen and oxygen atoms in total. The second-order valence-electron chi connectivity index (χ2n) is 3.90. The Morgan fingerprint density at radius 3 is 2.55 bits per heavy atom. The van der Waals surface area contributed by atoms with Gasteiger partial charge in [-0.1, -0.05) is 45.1 Å². The van der Waals surface area contributed by atoms with Crippen LogP contribution in [-0.4, -0.2) is 0 Å². The molecule has 0 heteroatoms. The first-order valence-corrected chi connectivity index (χ1v) is 4.95. The Hall–Kier alpha value is -0.260. The third kappa shape index (κ3) is 2.69. The topological polar surface area (TPSA) is 0 Å². The maximum Gasteiger partial charge on any atom is -0.0325 e. The Bertz CT molecular complexity index is 109. The second kappa shape index (κ2) is 4.58. The van der Waals surface area contributed by atoms with Crippen LogP contribution < -0.4 is 0 Å². The smallest absolute Gasteiger partial charge is 0.0325 e. The number of hydrogen-bond donors (Lipinski definition) is 0. The highest BCUT2D eigenvalue weighted by atomic mass is 14.2. The maximum absolute atomic E-state index is 3.80. The van der Waals surface area contributed by atoms with Crippen molar-refractivity contribution in [3.63, 3.8) is 0 Å². The van der Waals surface area contributed by atoms with Crippen LogP contribution in [0.25, 0.3) is 0 Å². The van der Waals surface area contributed by atoms with E-state index in [1.165, 1.54) is 38.5 Å². The average Bonchev–Trinajstić information content (AvgIpc) is 2.07. The van der Waals surface area contributed by atoms with Gasteiger partial charge >= 0.3 is 0 Å². The summed E-state index contributed by atoms with van der Waals surface area (Å²) in [6.45, 7) is 6.17. The SMILES string of the molecule is C=CC[C@H](C)C1CCCCC1. The van der Waals surface area contributed by atoms with E-state index in [1.807, 2.05) is 0 Å². The Kier molecular flexibility index (Phi) is 3.68. The zero-order chi connectivity index (χ0) is 8.10. The second-order valence-corrected chi connectivity index (χ2v) is 3.90. The summed E-state index contributed by atoms with van der Waals surface area (Å²) >= 11 is 0. The van der Waals surface area contributed by atoms with Gasteiger partial charge in [0, 0.05) is 0 Å². The van der Waals surface area contributed by atoms with Crippen LogP contribution in [0.4, 0.5) is 0 Å². The van der Waals surface area contributed by atoms with E-state index >= 15 is 0 Å². The van der Waals surface area contributed by atoms with Gasteiger partial charge in [0.1, 0.15) is 0 Å². The summed E-state index contributed by atoms with van der Waals surface area (Å²) in [5.41, 5.74) is 0. The lowest BCUT2D eigenvalue weighted by molar-refractivity contribution is 0.265. The van der Waals surface area contributed by atoms with Gasteiger partial charge in [-0.2, -0.15) is 0 Å². The number of allylic oxidation sites excluding steroid dienone is 1. The van der Waals surface area contributed by atoms with Crippen molar-refractivity contribution < 1.29 is 0 Å². The molecule has 0 radical (unpaired) electrons.